The minimum Gasteiger partial charge on any atom is -0.493 e. The van der Waals surface area contributed by atoms with E-state index in [2.05, 4.69) is 25.8 Å². The van der Waals surface area contributed by atoms with Crippen LogP contribution in [-0.4, -0.2) is 40.8 Å². The van der Waals surface area contributed by atoms with Gasteiger partial charge in [0.2, 0.25) is 0 Å². The van der Waals surface area contributed by atoms with Crippen LogP contribution in [0.15, 0.2) is 84.4 Å². The van der Waals surface area contributed by atoms with Crippen molar-refractivity contribution in [1.82, 2.24) is 20.7 Å². The number of amides is 2. The zero-order chi connectivity index (χ0) is 25.9. The minimum absolute atomic E-state index is 0.0881. The van der Waals surface area contributed by atoms with Gasteiger partial charge in [-0.15, -0.1) is 0 Å². The Morgan fingerprint density at radius 2 is 1.89 bits per heavy atom. The molecule has 0 unspecified atom stereocenters. The van der Waals surface area contributed by atoms with Gasteiger partial charge in [-0.3, -0.25) is 4.79 Å². The lowest BCUT2D eigenvalue weighted by atomic mass is 10.0. The van der Waals surface area contributed by atoms with Crippen LogP contribution < -0.4 is 15.5 Å². The van der Waals surface area contributed by atoms with E-state index in [1.165, 1.54) is 6.33 Å². The highest BCUT2D eigenvalue weighted by Crippen LogP contribution is 2.26. The molecule has 1 aromatic heterocycles. The minimum atomic E-state index is -0.941. The zero-order valence-electron chi connectivity index (χ0n) is 20.5. The maximum absolute atomic E-state index is 13.0. The molecule has 9 nitrogen and oxygen atoms in total. The van der Waals surface area contributed by atoms with Gasteiger partial charge >= 0.3 is 6.09 Å². The molecule has 2 amide bonds. The smallest absolute Gasteiger partial charge is 0.408 e. The molecule has 0 saturated carbocycles. The molecule has 0 fully saturated rings. The molecule has 0 aliphatic rings. The number of carbonyl (C=O) groups is 2. The summed E-state index contributed by atoms with van der Waals surface area (Å²) in [5.41, 5.74) is 4.82. The quantitative estimate of drug-likeness (QED) is 0.210. The van der Waals surface area contributed by atoms with E-state index in [0.29, 0.717) is 18.1 Å². The van der Waals surface area contributed by atoms with Crippen LogP contribution in [0.5, 0.6) is 5.75 Å². The number of hydrogen-bond donors (Lipinski definition) is 3. The number of imidazole rings is 1. The molecule has 190 valence electrons. The molecule has 0 radical (unpaired) electrons. The largest absolute Gasteiger partial charge is 0.493 e. The lowest BCUT2D eigenvalue weighted by Gasteiger charge is -2.16. The maximum Gasteiger partial charge on any atom is 0.408 e. The first-order chi connectivity index (χ1) is 18.1. The summed E-state index contributed by atoms with van der Waals surface area (Å²) in [7, 11) is 0. The number of hydrazone groups is 1. The van der Waals surface area contributed by atoms with Gasteiger partial charge in [-0.1, -0.05) is 67.6 Å². The van der Waals surface area contributed by atoms with Gasteiger partial charge in [-0.2, -0.15) is 5.10 Å². The van der Waals surface area contributed by atoms with Crippen molar-refractivity contribution in [3.63, 3.8) is 0 Å². The first-order valence-corrected chi connectivity index (χ1v) is 12.1. The molecule has 9 heteroatoms. The summed E-state index contributed by atoms with van der Waals surface area (Å²) in [6.45, 7) is 2.68. The lowest BCUT2D eigenvalue weighted by molar-refractivity contribution is -0.123. The van der Waals surface area contributed by atoms with Crippen molar-refractivity contribution in [3.05, 3.63) is 96.1 Å². The maximum atomic E-state index is 13.0. The first-order valence-electron chi connectivity index (χ1n) is 12.1. The third kappa shape index (κ3) is 7.17. The Bertz CT molecular complexity index is 1340. The predicted molar refractivity (Wildman–Crippen MR) is 141 cm³/mol. The number of carbonyl (C=O) groups excluding carboxylic acids is 2. The van der Waals surface area contributed by atoms with Crippen LogP contribution in [0, 0.1) is 0 Å². The molecule has 37 heavy (non-hydrogen) atoms. The van der Waals surface area contributed by atoms with Crippen molar-refractivity contribution >= 4 is 29.0 Å². The monoisotopic (exact) mass is 499 g/mol. The highest BCUT2D eigenvalue weighted by atomic mass is 16.5. The SMILES string of the molecule is CCCOc1ccc2ccccc2c1/C=N\NC(=O)[C@@H](Cc1cnc[nH]1)NC(=O)OCc1ccccc1. The van der Waals surface area contributed by atoms with Gasteiger partial charge in [0.05, 0.1) is 19.1 Å². The van der Waals surface area contributed by atoms with E-state index in [1.54, 1.807) is 12.4 Å². The number of H-pyrrole nitrogens is 1. The summed E-state index contributed by atoms with van der Waals surface area (Å²) >= 11 is 0. The number of nitrogens with one attached hydrogen (secondary N) is 3. The van der Waals surface area contributed by atoms with Crippen molar-refractivity contribution < 1.29 is 19.1 Å². The summed E-state index contributed by atoms with van der Waals surface area (Å²) in [5, 5.41) is 8.79. The average Bonchev–Trinajstić information content (AvgIpc) is 3.44. The third-order valence-corrected chi connectivity index (χ3v) is 5.56. The molecule has 4 rings (SSSR count). The van der Waals surface area contributed by atoms with E-state index in [-0.39, 0.29) is 13.0 Å². The van der Waals surface area contributed by atoms with E-state index >= 15 is 0 Å². The fraction of sp³-hybridized carbons (Fsp3) is 0.214. The number of benzene rings is 3. The molecular formula is C28H29N5O4. The fourth-order valence-corrected chi connectivity index (χ4v) is 3.72. The van der Waals surface area contributed by atoms with E-state index in [1.807, 2.05) is 73.7 Å². The number of rotatable bonds is 11. The highest BCUT2D eigenvalue weighted by molar-refractivity contribution is 6.02. The Morgan fingerprint density at radius 3 is 2.68 bits per heavy atom. The molecule has 0 aliphatic carbocycles. The van der Waals surface area contributed by atoms with Gasteiger partial charge in [-0.25, -0.2) is 15.2 Å². The van der Waals surface area contributed by atoms with Crippen LogP contribution in [0.2, 0.25) is 0 Å². The Kier molecular flexibility index (Phi) is 8.85. The van der Waals surface area contributed by atoms with E-state index in [9.17, 15) is 9.59 Å². The first kappa shape index (κ1) is 25.4. The number of fused-ring (bicyclic) bond motifs is 1. The number of hydrogen-bond acceptors (Lipinski definition) is 6. The topological polar surface area (TPSA) is 118 Å². The van der Waals surface area contributed by atoms with Crippen molar-refractivity contribution in [2.45, 2.75) is 32.4 Å². The van der Waals surface area contributed by atoms with Gasteiger partial charge in [0.25, 0.3) is 5.91 Å². The van der Waals surface area contributed by atoms with Crippen molar-refractivity contribution in [1.29, 1.82) is 0 Å². The van der Waals surface area contributed by atoms with Crippen LogP contribution in [0.4, 0.5) is 4.79 Å². The molecule has 3 aromatic carbocycles. The third-order valence-electron chi connectivity index (χ3n) is 5.56. The molecule has 0 spiro atoms. The molecule has 1 atom stereocenters. The Labute approximate surface area is 214 Å². The molecule has 1 heterocycles. The second kappa shape index (κ2) is 12.9. The van der Waals surface area contributed by atoms with Crippen LogP contribution in [-0.2, 0) is 22.6 Å². The Morgan fingerprint density at radius 1 is 1.08 bits per heavy atom. The second-order valence-corrected chi connectivity index (χ2v) is 8.32. The number of aromatic amines is 1. The van der Waals surface area contributed by atoms with Gasteiger partial charge in [0.1, 0.15) is 18.4 Å². The molecule has 0 saturated heterocycles. The van der Waals surface area contributed by atoms with Gasteiger partial charge in [0, 0.05) is 23.9 Å². The van der Waals surface area contributed by atoms with Crippen molar-refractivity contribution in [3.8, 4) is 5.75 Å². The van der Waals surface area contributed by atoms with Crippen LogP contribution in [0.3, 0.4) is 0 Å². The van der Waals surface area contributed by atoms with Crippen LogP contribution >= 0.6 is 0 Å². The summed E-state index contributed by atoms with van der Waals surface area (Å²) in [5.74, 6) is 0.175. The van der Waals surface area contributed by atoms with Crippen molar-refractivity contribution in [2.24, 2.45) is 5.10 Å². The molecule has 4 aromatic rings. The van der Waals surface area contributed by atoms with Crippen molar-refractivity contribution in [2.75, 3.05) is 6.61 Å². The van der Waals surface area contributed by atoms with E-state index in [0.717, 1.165) is 28.3 Å². The van der Waals surface area contributed by atoms with Gasteiger partial charge in [0.15, 0.2) is 0 Å². The van der Waals surface area contributed by atoms with Gasteiger partial charge < -0.3 is 19.8 Å². The highest BCUT2D eigenvalue weighted by Gasteiger charge is 2.22. The van der Waals surface area contributed by atoms with E-state index < -0.39 is 18.0 Å². The summed E-state index contributed by atoms with van der Waals surface area (Å²) < 4.78 is 11.2. The number of alkyl carbamates (subject to hydrolysis) is 1. The molecule has 3 N–H and O–H groups in total. The molecular weight excluding hydrogens is 470 g/mol. The zero-order valence-corrected chi connectivity index (χ0v) is 20.5. The molecule has 0 aliphatic heterocycles. The predicted octanol–water partition coefficient (Wildman–Crippen LogP) is 4.34. The standard InChI is InChI=1S/C28H29N5O4/c1-2-14-36-26-13-12-21-10-6-7-11-23(21)24(26)17-31-33-27(34)25(15-22-16-29-19-30-22)32-28(35)37-18-20-8-4-3-5-9-20/h3-13,16-17,19,25H,2,14-15,18H2,1H3,(H,29,30)(H,32,35)(H,33,34)/b31-17-/t25-/m1/s1. The Hall–Kier alpha value is -4.66. The molecule has 0 bridgehead atoms. The summed E-state index contributed by atoms with van der Waals surface area (Å²) in [4.78, 5) is 32.4. The van der Waals surface area contributed by atoms with E-state index in [4.69, 9.17) is 9.47 Å². The normalized spacial score (nSPS) is 11.8. The summed E-state index contributed by atoms with van der Waals surface area (Å²) in [6.07, 6.45) is 4.99. The average molecular weight is 500 g/mol. The van der Waals surface area contributed by atoms with Crippen LogP contribution in [0.25, 0.3) is 10.8 Å². The Balaban J connectivity index is 1.46. The summed E-state index contributed by atoms with van der Waals surface area (Å²) in [6, 6.07) is 20.1. The number of nitrogens with zero attached hydrogens (tertiary/aromatic N) is 2. The fourth-order valence-electron chi connectivity index (χ4n) is 3.72. The van der Waals surface area contributed by atoms with Crippen LogP contribution in [0.1, 0.15) is 30.2 Å². The second-order valence-electron chi connectivity index (χ2n) is 8.32. The lowest BCUT2D eigenvalue weighted by Crippen LogP contribution is -2.47. The number of ether oxygens (including phenoxy) is 2. The number of aromatic nitrogens is 2. The van der Waals surface area contributed by atoms with Gasteiger partial charge in [-0.05, 0) is 28.8 Å².